The van der Waals surface area contributed by atoms with Crippen LogP contribution in [0.15, 0.2) is 71.5 Å². The maximum absolute atomic E-state index is 13.6. The number of alkyl halides is 3. The van der Waals surface area contributed by atoms with Gasteiger partial charge in [0, 0.05) is 11.1 Å². The molecule has 0 unspecified atom stereocenters. The van der Waals surface area contributed by atoms with Crippen molar-refractivity contribution in [3.05, 3.63) is 93.8 Å². The van der Waals surface area contributed by atoms with Crippen molar-refractivity contribution in [1.29, 1.82) is 0 Å². The summed E-state index contributed by atoms with van der Waals surface area (Å²) < 4.78 is 51.7. The van der Waals surface area contributed by atoms with Crippen molar-refractivity contribution in [3.8, 4) is 23.0 Å². The fourth-order valence-electron chi connectivity index (χ4n) is 4.09. The second kappa shape index (κ2) is 11.1. The van der Waals surface area contributed by atoms with E-state index in [1.165, 1.54) is 29.1 Å². The number of benzene rings is 2. The van der Waals surface area contributed by atoms with Crippen molar-refractivity contribution in [2.45, 2.75) is 12.7 Å². The van der Waals surface area contributed by atoms with Gasteiger partial charge in [-0.1, -0.05) is 30.3 Å². The van der Waals surface area contributed by atoms with Crippen LogP contribution in [0.3, 0.4) is 0 Å². The Bertz CT molecular complexity index is 1850. The molecule has 0 saturated carbocycles. The first kappa shape index (κ1) is 27.9. The zero-order valence-corrected chi connectivity index (χ0v) is 21.9. The van der Waals surface area contributed by atoms with Crippen LogP contribution in [0, 0.1) is 0 Å². The molecule has 0 aliphatic heterocycles. The molecule has 15 heteroatoms. The number of carbonyl (C=O) groups is 2. The van der Waals surface area contributed by atoms with Gasteiger partial charge in [0.2, 0.25) is 11.7 Å². The number of rotatable bonds is 6. The third-order valence-corrected chi connectivity index (χ3v) is 6.06. The molecule has 0 bridgehead atoms. The van der Waals surface area contributed by atoms with Crippen LogP contribution >= 0.6 is 0 Å². The number of halogens is 3. The summed E-state index contributed by atoms with van der Waals surface area (Å²) in [7, 11) is 2.64. The van der Waals surface area contributed by atoms with E-state index < -0.39 is 47.4 Å². The molecular weight excluding hydrogens is 559 g/mol. The summed E-state index contributed by atoms with van der Waals surface area (Å²) in [5, 5.41) is 14.2. The number of amides is 1. The molecule has 5 aromatic rings. The number of pyridine rings is 2. The van der Waals surface area contributed by atoms with E-state index in [0.29, 0.717) is 17.5 Å². The molecule has 0 spiro atoms. The number of hydrogen-bond donors (Lipinski definition) is 1. The zero-order valence-electron chi connectivity index (χ0n) is 21.9. The van der Waals surface area contributed by atoms with Gasteiger partial charge in [-0.2, -0.15) is 18.0 Å². The highest BCUT2D eigenvalue weighted by atomic mass is 19.4. The van der Waals surface area contributed by atoms with E-state index in [9.17, 15) is 27.6 Å². The van der Waals surface area contributed by atoms with Gasteiger partial charge < -0.3 is 14.8 Å². The number of carbonyl (C=O) groups excluding carboxylic acids is 2. The predicted octanol–water partition coefficient (Wildman–Crippen LogP) is 3.67. The van der Waals surface area contributed by atoms with Crippen LogP contribution in [-0.4, -0.2) is 48.9 Å². The Morgan fingerprint density at radius 2 is 1.71 bits per heavy atom. The first-order chi connectivity index (χ1) is 20.1. The van der Waals surface area contributed by atoms with Crippen molar-refractivity contribution in [2.75, 3.05) is 7.11 Å². The number of tetrazole rings is 1. The van der Waals surface area contributed by atoms with E-state index in [0.717, 1.165) is 17.7 Å². The second-order valence-corrected chi connectivity index (χ2v) is 8.77. The summed E-state index contributed by atoms with van der Waals surface area (Å²) in [5.41, 5.74) is -1.65. The second-order valence-electron chi connectivity index (χ2n) is 8.77. The molecule has 0 aliphatic rings. The summed E-state index contributed by atoms with van der Waals surface area (Å²) in [6.45, 7) is -0.457. The summed E-state index contributed by atoms with van der Waals surface area (Å²) in [6, 6.07) is 15.8. The van der Waals surface area contributed by atoms with E-state index in [-0.39, 0.29) is 22.2 Å². The molecule has 12 nitrogen and oxygen atoms in total. The maximum Gasteiger partial charge on any atom is 0.514 e. The molecule has 214 valence electrons. The van der Waals surface area contributed by atoms with Crippen LogP contribution in [0.1, 0.15) is 21.6 Å². The first-order valence-electron chi connectivity index (χ1n) is 12.2. The number of methoxy groups -OCH3 is 1. The van der Waals surface area contributed by atoms with E-state index >= 15 is 0 Å². The summed E-state index contributed by atoms with van der Waals surface area (Å²) >= 11 is 0. The Hall–Kier alpha value is -5.60. The molecular formula is C27H20F3N7O5. The molecule has 1 amide bonds. The molecule has 42 heavy (non-hydrogen) atoms. The summed E-state index contributed by atoms with van der Waals surface area (Å²) in [5.74, 6) is -0.704. The summed E-state index contributed by atoms with van der Waals surface area (Å²) in [4.78, 5) is 43.8. The Labute approximate surface area is 234 Å². The quantitative estimate of drug-likeness (QED) is 0.298. The third kappa shape index (κ3) is 5.52. The molecule has 2 aromatic carbocycles. The lowest BCUT2D eigenvalue weighted by molar-refractivity contribution is -0.141. The predicted molar refractivity (Wildman–Crippen MR) is 141 cm³/mol. The fraction of sp³-hybridized carbons (Fsp3) is 0.148. The Balaban J connectivity index is 1.59. The number of nitrogens with zero attached hydrogens (tertiary/aromatic N) is 6. The van der Waals surface area contributed by atoms with Gasteiger partial charge in [-0.15, -0.1) is 10.2 Å². The van der Waals surface area contributed by atoms with Crippen LogP contribution < -0.4 is 15.5 Å². The van der Waals surface area contributed by atoms with Gasteiger partial charge >= 0.3 is 12.3 Å². The van der Waals surface area contributed by atoms with Crippen LogP contribution in [-0.2, 0) is 24.5 Å². The largest absolute Gasteiger partial charge is 0.514 e. The molecule has 0 radical (unpaired) electrons. The van der Waals surface area contributed by atoms with Crippen LogP contribution in [0.5, 0.6) is 5.88 Å². The minimum absolute atomic E-state index is 0.200. The molecule has 0 atom stereocenters. The molecule has 3 aromatic heterocycles. The average molecular weight is 579 g/mol. The van der Waals surface area contributed by atoms with E-state index in [4.69, 9.17) is 4.74 Å². The van der Waals surface area contributed by atoms with Crippen LogP contribution in [0.25, 0.3) is 28.1 Å². The van der Waals surface area contributed by atoms with Gasteiger partial charge in [-0.25, -0.2) is 9.78 Å². The number of para-hydroxylation sites is 1. The minimum atomic E-state index is -4.82. The molecule has 0 aliphatic carbocycles. The maximum atomic E-state index is 13.6. The Morgan fingerprint density at radius 3 is 2.33 bits per heavy atom. The average Bonchev–Trinajstić information content (AvgIpc) is 3.42. The Morgan fingerprint density at radius 1 is 1.00 bits per heavy atom. The number of fused-ring (bicyclic) bond motifs is 1. The first-order valence-corrected chi connectivity index (χ1v) is 12.2. The molecule has 0 saturated heterocycles. The lowest BCUT2D eigenvalue weighted by atomic mass is 10.1. The minimum Gasteiger partial charge on any atom is -0.437 e. The smallest absolute Gasteiger partial charge is 0.437 e. The monoisotopic (exact) mass is 579 g/mol. The third-order valence-electron chi connectivity index (χ3n) is 6.06. The van der Waals surface area contributed by atoms with Crippen molar-refractivity contribution < 1.29 is 32.2 Å². The highest BCUT2D eigenvalue weighted by Gasteiger charge is 2.34. The van der Waals surface area contributed by atoms with E-state index in [1.807, 2.05) is 0 Å². The number of aromatic nitrogens is 6. The summed E-state index contributed by atoms with van der Waals surface area (Å²) in [6.07, 6.45) is -6.06. The standard InChI is InChI=1S/C27H20F3N7O5/c1-36-34-22(33-35-36)15-8-10-16(11-9-15)24(39)31-14-19-21(38)18-12-13-20(27(28,29)30)32-23(18)37(17-6-4-3-5-7-17)25(19)42-26(40)41-2/h3-13H,14H2,1-2H3,(H,31,39). The normalized spacial score (nSPS) is 11.4. The van der Waals surface area contributed by atoms with Gasteiger partial charge in [0.05, 0.1) is 37.3 Å². The zero-order chi connectivity index (χ0) is 30.0. The van der Waals surface area contributed by atoms with Crippen molar-refractivity contribution >= 4 is 23.1 Å². The van der Waals surface area contributed by atoms with Gasteiger partial charge in [0.15, 0.2) is 11.1 Å². The van der Waals surface area contributed by atoms with Crippen molar-refractivity contribution in [3.63, 3.8) is 0 Å². The van der Waals surface area contributed by atoms with Crippen molar-refractivity contribution in [1.82, 2.24) is 35.1 Å². The van der Waals surface area contributed by atoms with Crippen molar-refractivity contribution in [2.24, 2.45) is 7.05 Å². The number of nitrogens with one attached hydrogen (secondary N) is 1. The van der Waals surface area contributed by atoms with Crippen LogP contribution in [0.2, 0.25) is 0 Å². The topological polar surface area (TPSA) is 143 Å². The van der Waals surface area contributed by atoms with Crippen LogP contribution in [0.4, 0.5) is 18.0 Å². The lowest BCUT2D eigenvalue weighted by Crippen LogP contribution is -2.29. The highest BCUT2D eigenvalue weighted by Crippen LogP contribution is 2.32. The van der Waals surface area contributed by atoms with E-state index in [1.54, 1.807) is 37.4 Å². The van der Waals surface area contributed by atoms with E-state index in [2.05, 4.69) is 30.4 Å². The Kier molecular flexibility index (Phi) is 7.39. The van der Waals surface area contributed by atoms with Gasteiger partial charge in [0.1, 0.15) is 5.69 Å². The van der Waals surface area contributed by atoms with Gasteiger partial charge in [0.25, 0.3) is 5.91 Å². The number of hydrogen-bond acceptors (Lipinski definition) is 9. The fourth-order valence-corrected chi connectivity index (χ4v) is 4.09. The highest BCUT2D eigenvalue weighted by molar-refractivity contribution is 5.94. The molecule has 3 heterocycles. The molecule has 0 fully saturated rings. The molecule has 1 N–H and O–H groups in total. The SMILES string of the molecule is COC(=O)Oc1c(CNC(=O)c2ccc(-c3nnn(C)n3)cc2)c(=O)c2ccc(C(F)(F)F)nc2n1-c1ccccc1. The van der Waals surface area contributed by atoms with Gasteiger partial charge in [-0.3, -0.25) is 14.2 Å². The van der Waals surface area contributed by atoms with Gasteiger partial charge in [-0.05, 0) is 41.6 Å². The molecule has 5 rings (SSSR count). The number of aryl methyl sites for hydroxylation is 1. The lowest BCUT2D eigenvalue weighted by Gasteiger charge is -2.20. The number of ether oxygens (including phenoxy) is 2.